The average Bonchev–Trinajstić information content (AvgIpc) is 3.14. The highest BCUT2D eigenvalue weighted by atomic mass is 32.2. The third-order valence-electron chi connectivity index (χ3n) is 4.36. The van der Waals surface area contributed by atoms with Crippen LogP contribution in [0, 0.1) is 0 Å². The van der Waals surface area contributed by atoms with Crippen LogP contribution in [-0.4, -0.2) is 53.5 Å². The molecule has 1 aliphatic rings. The van der Waals surface area contributed by atoms with Crippen molar-refractivity contribution < 1.29 is 23.4 Å². The maximum absolute atomic E-state index is 13.0. The van der Waals surface area contributed by atoms with Crippen molar-refractivity contribution in [2.45, 2.75) is 16.0 Å². The average molecular weight is 404 g/mol. The molecular weight excluding hydrogens is 385 g/mol. The largest absolute Gasteiger partial charge is 0.423 e. The lowest BCUT2D eigenvalue weighted by atomic mass is 9.94. The Kier molecular flexibility index (Phi) is 5.83. The Balaban J connectivity index is 1.63. The summed E-state index contributed by atoms with van der Waals surface area (Å²) in [6, 6.07) is 9.66. The number of aliphatic hydroxyl groups excluding tert-OH is 1. The van der Waals surface area contributed by atoms with Gasteiger partial charge in [-0.1, -0.05) is 18.2 Å². The summed E-state index contributed by atoms with van der Waals surface area (Å²) in [6.45, 7) is 1.80. The fraction of sp³-hybridized carbons (Fsp3) is 0.412. The molecule has 142 valence electrons. The zero-order chi connectivity index (χ0) is 18.8. The van der Waals surface area contributed by atoms with Gasteiger partial charge in [0, 0.05) is 31.9 Å². The number of hydrogen-bond donors (Lipinski definition) is 2. The van der Waals surface area contributed by atoms with Gasteiger partial charge in [0.15, 0.2) is 0 Å². The van der Waals surface area contributed by atoms with Crippen LogP contribution in [0.15, 0.2) is 46.0 Å². The van der Waals surface area contributed by atoms with Gasteiger partial charge in [-0.15, -0.1) is 11.3 Å². The Morgan fingerprint density at radius 1 is 1.04 bits per heavy atom. The smallest absolute Gasteiger partial charge is 0.393 e. The van der Waals surface area contributed by atoms with Crippen molar-refractivity contribution in [3.63, 3.8) is 0 Å². The highest BCUT2D eigenvalue weighted by Crippen LogP contribution is 2.39. The molecule has 2 N–H and O–H groups in total. The molecule has 1 fully saturated rings. The van der Waals surface area contributed by atoms with Gasteiger partial charge in [-0.3, -0.25) is 0 Å². The zero-order valence-corrected chi connectivity index (χ0v) is 15.4. The summed E-state index contributed by atoms with van der Waals surface area (Å²) in [4.78, 5) is 2.10. The molecule has 1 atom stereocenters. The summed E-state index contributed by atoms with van der Waals surface area (Å²) in [7, 11) is 0. The molecule has 4 nitrogen and oxygen atoms in total. The predicted molar refractivity (Wildman–Crippen MR) is 97.4 cm³/mol. The Labute approximate surface area is 158 Å². The van der Waals surface area contributed by atoms with E-state index < -0.39 is 18.4 Å². The summed E-state index contributed by atoms with van der Waals surface area (Å²) < 4.78 is 42.6. The van der Waals surface area contributed by atoms with Crippen LogP contribution in [0.1, 0.15) is 5.56 Å². The fourth-order valence-corrected chi connectivity index (χ4v) is 4.62. The molecule has 0 aliphatic carbocycles. The first-order valence-corrected chi connectivity index (χ1v) is 9.71. The Morgan fingerprint density at radius 3 is 2.19 bits per heavy atom. The van der Waals surface area contributed by atoms with Crippen molar-refractivity contribution in [3.8, 4) is 0 Å². The van der Waals surface area contributed by atoms with Crippen LogP contribution < -0.4 is 4.90 Å². The van der Waals surface area contributed by atoms with E-state index in [1.54, 1.807) is 35.4 Å². The molecule has 0 amide bonds. The van der Waals surface area contributed by atoms with E-state index in [0.717, 1.165) is 31.9 Å². The first kappa shape index (κ1) is 19.5. The predicted octanol–water partition coefficient (Wildman–Crippen LogP) is 3.32. The molecule has 3 rings (SSSR count). The van der Waals surface area contributed by atoms with E-state index in [9.17, 15) is 18.3 Å². The summed E-state index contributed by atoms with van der Waals surface area (Å²) in [5.41, 5.74) is -2.79. The molecule has 1 aromatic heterocycles. The van der Waals surface area contributed by atoms with Crippen LogP contribution in [0.5, 0.6) is 0 Å². The summed E-state index contributed by atoms with van der Waals surface area (Å²) in [5.74, 6) is 0. The molecule has 2 aromatic rings. The minimum atomic E-state index is -4.94. The van der Waals surface area contributed by atoms with E-state index >= 15 is 0 Å². The number of thiophene rings is 1. The summed E-state index contributed by atoms with van der Waals surface area (Å²) in [6.07, 6.45) is -4.94. The zero-order valence-electron chi connectivity index (χ0n) is 13.8. The Hall–Kier alpha value is -1.26. The molecule has 0 saturated carbocycles. The molecule has 0 bridgehead atoms. The molecule has 2 heterocycles. The quantitative estimate of drug-likeness (QED) is 0.749. The number of benzene rings is 1. The minimum Gasteiger partial charge on any atom is -0.393 e. The molecule has 9 heteroatoms. The highest BCUT2D eigenvalue weighted by Gasteiger charge is 2.54. The molecule has 26 heavy (non-hydrogen) atoms. The maximum Gasteiger partial charge on any atom is 0.423 e. The lowest BCUT2D eigenvalue weighted by molar-refractivity contribution is -0.277. The van der Waals surface area contributed by atoms with Crippen LogP contribution in [0.3, 0.4) is 0 Å². The van der Waals surface area contributed by atoms with E-state index in [2.05, 4.69) is 15.3 Å². The second-order valence-corrected chi connectivity index (χ2v) is 8.35. The van der Waals surface area contributed by atoms with Crippen LogP contribution in [0.2, 0.25) is 0 Å². The van der Waals surface area contributed by atoms with Crippen LogP contribution in [0.25, 0.3) is 0 Å². The SMILES string of the molecule is OCC(O)(c1ccc(N2CCN(Sc3cccs3)CC2)cc1)C(F)(F)F. The first-order chi connectivity index (χ1) is 12.3. The fourth-order valence-electron chi connectivity index (χ4n) is 2.77. The number of aliphatic hydroxyl groups is 2. The van der Waals surface area contributed by atoms with Crippen molar-refractivity contribution in [2.75, 3.05) is 37.7 Å². The normalized spacial score (nSPS) is 18.7. The highest BCUT2D eigenvalue weighted by molar-refractivity contribution is 7.98. The lowest BCUT2D eigenvalue weighted by Gasteiger charge is -2.35. The Morgan fingerprint density at radius 2 is 1.69 bits per heavy atom. The number of halogens is 3. The van der Waals surface area contributed by atoms with Crippen molar-refractivity contribution in [1.29, 1.82) is 0 Å². The van der Waals surface area contributed by atoms with Crippen molar-refractivity contribution in [3.05, 3.63) is 47.3 Å². The molecule has 1 aliphatic heterocycles. The maximum atomic E-state index is 13.0. The topological polar surface area (TPSA) is 46.9 Å². The Bertz CT molecular complexity index is 702. The van der Waals surface area contributed by atoms with Gasteiger partial charge in [-0.25, -0.2) is 4.31 Å². The van der Waals surface area contributed by atoms with Crippen molar-refractivity contribution >= 4 is 29.0 Å². The van der Waals surface area contributed by atoms with Gasteiger partial charge in [0.2, 0.25) is 5.60 Å². The number of anilines is 1. The van der Waals surface area contributed by atoms with Crippen molar-refractivity contribution in [1.82, 2.24) is 4.31 Å². The van der Waals surface area contributed by atoms with Crippen LogP contribution in [-0.2, 0) is 5.60 Å². The van der Waals surface area contributed by atoms with Crippen LogP contribution in [0.4, 0.5) is 18.9 Å². The van der Waals surface area contributed by atoms with Gasteiger partial charge in [-0.05, 0) is 41.1 Å². The van der Waals surface area contributed by atoms with Crippen LogP contribution >= 0.6 is 23.3 Å². The summed E-state index contributed by atoms with van der Waals surface area (Å²) >= 11 is 3.41. The third kappa shape index (κ3) is 4.01. The van der Waals surface area contributed by atoms with Gasteiger partial charge in [-0.2, -0.15) is 13.2 Å². The van der Waals surface area contributed by atoms with E-state index in [1.165, 1.54) is 16.3 Å². The number of nitrogens with zero attached hydrogens (tertiary/aromatic N) is 2. The second-order valence-electron chi connectivity index (χ2n) is 6.00. The summed E-state index contributed by atoms with van der Waals surface area (Å²) in [5, 5.41) is 20.9. The van der Waals surface area contributed by atoms with Crippen molar-refractivity contribution in [2.24, 2.45) is 0 Å². The van der Waals surface area contributed by atoms with E-state index in [0.29, 0.717) is 0 Å². The number of piperazine rings is 1. The molecule has 0 radical (unpaired) electrons. The van der Waals surface area contributed by atoms with Gasteiger partial charge in [0.1, 0.15) is 0 Å². The molecule has 1 aromatic carbocycles. The molecule has 1 unspecified atom stereocenters. The van der Waals surface area contributed by atoms with Gasteiger partial charge in [0.25, 0.3) is 0 Å². The number of rotatable bonds is 5. The lowest BCUT2D eigenvalue weighted by Crippen LogP contribution is -2.45. The van der Waals surface area contributed by atoms with E-state index in [4.69, 9.17) is 5.11 Å². The third-order valence-corrected chi connectivity index (χ3v) is 6.47. The van der Waals surface area contributed by atoms with E-state index in [-0.39, 0.29) is 5.56 Å². The van der Waals surface area contributed by atoms with Gasteiger partial charge >= 0.3 is 6.18 Å². The van der Waals surface area contributed by atoms with Gasteiger partial charge in [0.05, 0.1) is 10.8 Å². The van der Waals surface area contributed by atoms with E-state index in [1.807, 2.05) is 11.4 Å². The van der Waals surface area contributed by atoms with Gasteiger partial charge < -0.3 is 15.1 Å². The monoisotopic (exact) mass is 404 g/mol. The molecule has 1 saturated heterocycles. The molecule has 0 spiro atoms. The number of alkyl halides is 3. The molecular formula is C17H19F3N2O2S2. The second kappa shape index (κ2) is 7.77. The first-order valence-electron chi connectivity index (χ1n) is 8.05. The standard InChI is InChI=1S/C17H19F3N2O2S2/c18-17(19,20)16(24,12-23)13-3-5-14(6-4-13)21-7-9-22(10-8-21)26-15-2-1-11-25-15/h1-6,11,23-24H,7-10,12H2. The minimum absolute atomic E-state index is 0.358. The number of hydrogen-bond acceptors (Lipinski definition) is 6.